The molecular formula is C18H23NO3. The van der Waals surface area contributed by atoms with E-state index in [-0.39, 0.29) is 23.8 Å². The Hall–Kier alpha value is -1.81. The van der Waals surface area contributed by atoms with Crippen molar-refractivity contribution >= 4 is 16.9 Å². The Kier molecular flexibility index (Phi) is 4.21. The van der Waals surface area contributed by atoms with Gasteiger partial charge in [-0.15, -0.1) is 0 Å². The molecule has 4 nitrogen and oxygen atoms in total. The van der Waals surface area contributed by atoms with Crippen LogP contribution in [0.25, 0.3) is 11.0 Å². The molecule has 3 unspecified atom stereocenters. The fraction of sp³-hybridized carbons (Fsp3) is 0.500. The van der Waals surface area contributed by atoms with Crippen LogP contribution in [0.3, 0.4) is 0 Å². The Morgan fingerprint density at radius 1 is 1.41 bits per heavy atom. The molecule has 3 atom stereocenters. The Labute approximate surface area is 130 Å². The molecule has 22 heavy (non-hydrogen) atoms. The van der Waals surface area contributed by atoms with Gasteiger partial charge in [0.2, 0.25) is 5.91 Å². The lowest BCUT2D eigenvalue weighted by Crippen LogP contribution is -2.36. The molecule has 118 valence electrons. The minimum absolute atomic E-state index is 0.0400. The van der Waals surface area contributed by atoms with Crippen LogP contribution >= 0.6 is 0 Å². The fourth-order valence-corrected chi connectivity index (χ4v) is 3.34. The van der Waals surface area contributed by atoms with Crippen LogP contribution in [0.5, 0.6) is 0 Å². The summed E-state index contributed by atoms with van der Waals surface area (Å²) in [5.74, 6) is 0.635. The van der Waals surface area contributed by atoms with Gasteiger partial charge in [-0.1, -0.05) is 24.6 Å². The smallest absolute Gasteiger partial charge is 0.232 e. The molecule has 0 spiro atoms. The summed E-state index contributed by atoms with van der Waals surface area (Å²) in [4.78, 5) is 14.3. The molecule has 0 aliphatic heterocycles. The maximum Gasteiger partial charge on any atom is 0.232 e. The third-order valence-corrected chi connectivity index (χ3v) is 4.75. The highest BCUT2D eigenvalue weighted by Gasteiger charge is 2.29. The Morgan fingerprint density at radius 3 is 2.86 bits per heavy atom. The number of aliphatic hydroxyl groups is 1. The first-order valence-electron chi connectivity index (χ1n) is 7.98. The van der Waals surface area contributed by atoms with Gasteiger partial charge < -0.3 is 14.4 Å². The maximum absolute atomic E-state index is 12.6. The van der Waals surface area contributed by atoms with E-state index >= 15 is 0 Å². The van der Waals surface area contributed by atoms with E-state index in [1.54, 1.807) is 4.90 Å². The molecule has 3 rings (SSSR count). The van der Waals surface area contributed by atoms with Crippen molar-refractivity contribution < 1.29 is 14.3 Å². The first-order valence-corrected chi connectivity index (χ1v) is 7.98. The zero-order chi connectivity index (χ0) is 15.7. The predicted molar refractivity (Wildman–Crippen MR) is 85.6 cm³/mol. The Bertz CT molecular complexity index is 630. The van der Waals surface area contributed by atoms with E-state index in [9.17, 15) is 9.90 Å². The second kappa shape index (κ2) is 6.13. The number of rotatable bonds is 4. The summed E-state index contributed by atoms with van der Waals surface area (Å²) in [5, 5.41) is 10.9. The lowest BCUT2D eigenvalue weighted by Gasteiger charge is -2.25. The lowest BCUT2D eigenvalue weighted by atomic mass is 10.0. The van der Waals surface area contributed by atoms with Gasteiger partial charge in [-0.05, 0) is 31.9 Å². The van der Waals surface area contributed by atoms with Crippen LogP contribution in [-0.4, -0.2) is 35.6 Å². The second-order valence-corrected chi connectivity index (χ2v) is 6.39. The van der Waals surface area contributed by atoms with Gasteiger partial charge in [0.15, 0.2) is 0 Å². The van der Waals surface area contributed by atoms with Crippen molar-refractivity contribution in [3.8, 4) is 0 Å². The van der Waals surface area contributed by atoms with Crippen molar-refractivity contribution in [1.29, 1.82) is 0 Å². The van der Waals surface area contributed by atoms with Crippen LogP contribution in [0.15, 0.2) is 34.7 Å². The summed E-state index contributed by atoms with van der Waals surface area (Å²) in [5.41, 5.74) is 0.811. The Balaban J connectivity index is 1.70. The third-order valence-electron chi connectivity index (χ3n) is 4.75. The summed E-state index contributed by atoms with van der Waals surface area (Å²) in [6, 6.07) is 9.72. The van der Waals surface area contributed by atoms with E-state index in [0.717, 1.165) is 30.2 Å². The van der Waals surface area contributed by atoms with Crippen LogP contribution in [0.2, 0.25) is 0 Å². The molecule has 0 bridgehead atoms. The molecule has 1 heterocycles. The van der Waals surface area contributed by atoms with Crippen molar-refractivity contribution in [2.45, 2.75) is 38.2 Å². The van der Waals surface area contributed by atoms with E-state index in [2.05, 4.69) is 0 Å². The molecule has 1 saturated carbocycles. The normalized spacial score (nSPS) is 22.9. The maximum atomic E-state index is 12.6. The van der Waals surface area contributed by atoms with Gasteiger partial charge in [0.1, 0.15) is 11.3 Å². The van der Waals surface area contributed by atoms with E-state index in [4.69, 9.17) is 4.42 Å². The summed E-state index contributed by atoms with van der Waals surface area (Å²) < 4.78 is 5.80. The van der Waals surface area contributed by atoms with Crippen molar-refractivity contribution in [1.82, 2.24) is 4.90 Å². The molecule has 1 aliphatic rings. The molecular weight excluding hydrogens is 278 g/mol. The number of carbonyl (C=O) groups excluding carboxylic acids is 1. The number of hydrogen-bond acceptors (Lipinski definition) is 3. The highest BCUT2D eigenvalue weighted by atomic mass is 16.3. The summed E-state index contributed by atoms with van der Waals surface area (Å²) >= 11 is 0. The first-order chi connectivity index (χ1) is 10.6. The highest BCUT2D eigenvalue weighted by molar-refractivity contribution is 5.85. The SMILES string of the molecule is CC(C(=O)N(C)CC1CCCC1O)c1cc2ccccc2o1. The van der Waals surface area contributed by atoms with Gasteiger partial charge in [0.05, 0.1) is 12.0 Å². The summed E-state index contributed by atoms with van der Waals surface area (Å²) in [6.45, 7) is 2.49. The third kappa shape index (κ3) is 2.88. The quantitative estimate of drug-likeness (QED) is 0.944. The number of para-hydroxylation sites is 1. The van der Waals surface area contributed by atoms with Gasteiger partial charge in [-0.3, -0.25) is 4.79 Å². The minimum Gasteiger partial charge on any atom is -0.460 e. The monoisotopic (exact) mass is 301 g/mol. The fourth-order valence-electron chi connectivity index (χ4n) is 3.34. The van der Waals surface area contributed by atoms with E-state index in [0.29, 0.717) is 12.3 Å². The van der Waals surface area contributed by atoms with E-state index in [1.807, 2.05) is 44.3 Å². The molecule has 1 amide bonds. The molecule has 2 aromatic rings. The minimum atomic E-state index is -0.309. The van der Waals surface area contributed by atoms with Gasteiger partial charge in [-0.2, -0.15) is 0 Å². The predicted octanol–water partition coefficient (Wildman–Crippen LogP) is 3.16. The van der Waals surface area contributed by atoms with Crippen molar-refractivity contribution in [2.24, 2.45) is 5.92 Å². The topological polar surface area (TPSA) is 53.7 Å². The van der Waals surface area contributed by atoms with Gasteiger partial charge in [-0.25, -0.2) is 0 Å². The van der Waals surface area contributed by atoms with Crippen LogP contribution in [0, 0.1) is 5.92 Å². The second-order valence-electron chi connectivity index (χ2n) is 6.39. The highest BCUT2D eigenvalue weighted by Crippen LogP contribution is 2.29. The average Bonchev–Trinajstić information content (AvgIpc) is 3.12. The van der Waals surface area contributed by atoms with Gasteiger partial charge >= 0.3 is 0 Å². The number of nitrogens with zero attached hydrogens (tertiary/aromatic N) is 1. The van der Waals surface area contributed by atoms with Crippen LogP contribution in [0.4, 0.5) is 0 Å². The molecule has 1 aromatic carbocycles. The lowest BCUT2D eigenvalue weighted by molar-refractivity contribution is -0.132. The number of hydrogen-bond donors (Lipinski definition) is 1. The van der Waals surface area contributed by atoms with Gasteiger partial charge in [0.25, 0.3) is 0 Å². The number of likely N-dealkylation sites (N-methyl/N-ethyl adjacent to an activating group) is 1. The van der Waals surface area contributed by atoms with Crippen LogP contribution < -0.4 is 0 Å². The standard InChI is InChI=1S/C18H23NO3/c1-12(17-10-13-6-3-4-9-16(13)22-17)18(21)19(2)11-14-7-5-8-15(14)20/h3-4,6,9-10,12,14-15,20H,5,7-8,11H2,1-2H3. The van der Waals surface area contributed by atoms with Crippen LogP contribution in [0.1, 0.15) is 37.9 Å². The molecule has 1 aromatic heterocycles. The van der Waals surface area contributed by atoms with E-state index < -0.39 is 0 Å². The van der Waals surface area contributed by atoms with Crippen molar-refractivity contribution in [3.05, 3.63) is 36.1 Å². The molecule has 1 fully saturated rings. The van der Waals surface area contributed by atoms with E-state index in [1.165, 1.54) is 0 Å². The molecule has 4 heteroatoms. The number of aliphatic hydroxyl groups excluding tert-OH is 1. The number of fused-ring (bicyclic) bond motifs is 1. The van der Waals surface area contributed by atoms with Crippen molar-refractivity contribution in [3.63, 3.8) is 0 Å². The summed E-state index contributed by atoms with van der Waals surface area (Å²) in [7, 11) is 1.81. The number of benzene rings is 1. The average molecular weight is 301 g/mol. The first kappa shape index (κ1) is 15.1. The largest absolute Gasteiger partial charge is 0.460 e. The van der Waals surface area contributed by atoms with Gasteiger partial charge in [0, 0.05) is 24.9 Å². The molecule has 0 saturated heterocycles. The van der Waals surface area contributed by atoms with Crippen LogP contribution in [-0.2, 0) is 4.79 Å². The Morgan fingerprint density at radius 2 is 2.18 bits per heavy atom. The molecule has 1 N–H and O–H groups in total. The zero-order valence-corrected chi connectivity index (χ0v) is 13.2. The number of amides is 1. The summed E-state index contributed by atoms with van der Waals surface area (Å²) in [6.07, 6.45) is 2.63. The molecule has 0 radical (unpaired) electrons. The zero-order valence-electron chi connectivity index (χ0n) is 13.2. The van der Waals surface area contributed by atoms with Crippen molar-refractivity contribution in [2.75, 3.05) is 13.6 Å². The number of carbonyl (C=O) groups is 1. The molecule has 1 aliphatic carbocycles. The number of furan rings is 1.